The summed E-state index contributed by atoms with van der Waals surface area (Å²) in [6.07, 6.45) is 5.26. The molecular formula is C23H17ClFN5S. The zero-order valence-corrected chi connectivity index (χ0v) is 17.8. The molecule has 5 rings (SSSR count). The van der Waals surface area contributed by atoms with Gasteiger partial charge in [0.05, 0.1) is 22.4 Å². The predicted octanol–water partition coefficient (Wildman–Crippen LogP) is 5.24. The molecule has 1 fully saturated rings. The Labute approximate surface area is 189 Å². The zero-order chi connectivity index (χ0) is 21.4. The SMILES string of the molecule is Fc1ccccc1N1C(=S)NC(c2ccccn2)C1c1cccn1-c1ccc(Cl)cn1. The molecule has 2 atom stereocenters. The van der Waals surface area contributed by atoms with Crippen molar-refractivity contribution in [3.8, 4) is 5.82 Å². The fraction of sp³-hybridized carbons (Fsp3) is 0.0870. The molecule has 1 aliphatic heterocycles. The van der Waals surface area contributed by atoms with Crippen molar-refractivity contribution in [2.45, 2.75) is 12.1 Å². The average molecular weight is 450 g/mol. The van der Waals surface area contributed by atoms with Crippen molar-refractivity contribution < 1.29 is 4.39 Å². The van der Waals surface area contributed by atoms with Crippen LogP contribution in [0.1, 0.15) is 23.5 Å². The van der Waals surface area contributed by atoms with Gasteiger partial charge in [0.25, 0.3) is 0 Å². The molecule has 2 unspecified atom stereocenters. The number of halogens is 2. The largest absolute Gasteiger partial charge is 0.351 e. The number of hydrogen-bond donors (Lipinski definition) is 1. The fourth-order valence-corrected chi connectivity index (χ4v) is 4.37. The molecule has 0 bridgehead atoms. The summed E-state index contributed by atoms with van der Waals surface area (Å²) in [5.41, 5.74) is 2.10. The third-order valence-electron chi connectivity index (χ3n) is 5.25. The number of pyridine rings is 2. The van der Waals surface area contributed by atoms with Gasteiger partial charge in [-0.15, -0.1) is 0 Å². The summed E-state index contributed by atoms with van der Waals surface area (Å²) < 4.78 is 16.8. The van der Waals surface area contributed by atoms with Crippen molar-refractivity contribution in [3.63, 3.8) is 0 Å². The number of nitrogens with one attached hydrogen (secondary N) is 1. The summed E-state index contributed by atoms with van der Waals surface area (Å²) in [6.45, 7) is 0. The highest BCUT2D eigenvalue weighted by atomic mass is 35.5. The van der Waals surface area contributed by atoms with E-state index in [0.29, 0.717) is 21.6 Å². The Morgan fingerprint density at radius 3 is 2.55 bits per heavy atom. The number of nitrogens with zero attached hydrogens (tertiary/aromatic N) is 4. The maximum atomic E-state index is 14.8. The number of rotatable bonds is 4. The first-order valence-electron chi connectivity index (χ1n) is 9.68. The van der Waals surface area contributed by atoms with Crippen molar-refractivity contribution in [2.24, 2.45) is 0 Å². The highest BCUT2D eigenvalue weighted by Crippen LogP contribution is 2.42. The molecule has 0 spiro atoms. The van der Waals surface area contributed by atoms with Crippen LogP contribution in [0.2, 0.25) is 5.02 Å². The first kappa shape index (κ1) is 19.7. The molecule has 4 heterocycles. The van der Waals surface area contributed by atoms with Crippen molar-refractivity contribution in [3.05, 3.63) is 108 Å². The van der Waals surface area contributed by atoms with E-state index in [0.717, 1.165) is 11.4 Å². The van der Waals surface area contributed by atoms with Gasteiger partial charge in [-0.25, -0.2) is 9.37 Å². The molecule has 8 heteroatoms. The van der Waals surface area contributed by atoms with E-state index in [2.05, 4.69) is 15.3 Å². The van der Waals surface area contributed by atoms with Crippen LogP contribution in [0.3, 0.4) is 0 Å². The molecule has 0 radical (unpaired) electrons. The minimum atomic E-state index is -0.355. The first-order chi connectivity index (χ1) is 15.1. The number of hydrogen-bond acceptors (Lipinski definition) is 3. The molecule has 3 aromatic heterocycles. The van der Waals surface area contributed by atoms with Crippen molar-refractivity contribution in [1.82, 2.24) is 19.9 Å². The second kappa shape index (κ2) is 8.09. The fourth-order valence-electron chi connectivity index (χ4n) is 3.92. The lowest BCUT2D eigenvalue weighted by atomic mass is 10.0. The summed E-state index contributed by atoms with van der Waals surface area (Å²) >= 11 is 11.7. The molecule has 0 aliphatic carbocycles. The molecule has 0 saturated carbocycles. The van der Waals surface area contributed by atoms with Gasteiger partial charge in [0.15, 0.2) is 5.11 Å². The molecule has 1 N–H and O–H groups in total. The molecule has 1 aromatic carbocycles. The van der Waals surface area contributed by atoms with E-state index in [1.165, 1.54) is 6.07 Å². The second-order valence-corrected chi connectivity index (χ2v) is 7.91. The lowest BCUT2D eigenvalue weighted by Crippen LogP contribution is -2.31. The van der Waals surface area contributed by atoms with Gasteiger partial charge in [0, 0.05) is 24.3 Å². The lowest BCUT2D eigenvalue weighted by molar-refractivity contribution is 0.541. The van der Waals surface area contributed by atoms with Crippen LogP contribution in [0.4, 0.5) is 10.1 Å². The Bertz CT molecular complexity index is 1230. The predicted molar refractivity (Wildman–Crippen MR) is 123 cm³/mol. The highest BCUT2D eigenvalue weighted by Gasteiger charge is 2.43. The molecule has 0 amide bonds. The molecule has 154 valence electrons. The van der Waals surface area contributed by atoms with Crippen LogP contribution in [-0.4, -0.2) is 19.6 Å². The smallest absolute Gasteiger partial charge is 0.174 e. The van der Waals surface area contributed by atoms with Crippen LogP contribution in [0.15, 0.2) is 85.3 Å². The van der Waals surface area contributed by atoms with Gasteiger partial charge >= 0.3 is 0 Å². The van der Waals surface area contributed by atoms with Crippen molar-refractivity contribution >= 4 is 34.6 Å². The van der Waals surface area contributed by atoms with E-state index >= 15 is 0 Å². The van der Waals surface area contributed by atoms with Crippen molar-refractivity contribution in [1.29, 1.82) is 0 Å². The van der Waals surface area contributed by atoms with Gasteiger partial charge < -0.3 is 14.8 Å². The number of anilines is 1. The van der Waals surface area contributed by atoms with Gasteiger partial charge in [-0.1, -0.05) is 29.8 Å². The van der Waals surface area contributed by atoms with Gasteiger partial charge in [0.2, 0.25) is 0 Å². The topological polar surface area (TPSA) is 46.0 Å². The number of benzene rings is 1. The number of aromatic nitrogens is 3. The first-order valence-corrected chi connectivity index (χ1v) is 10.5. The van der Waals surface area contributed by atoms with E-state index in [9.17, 15) is 4.39 Å². The van der Waals surface area contributed by atoms with Crippen LogP contribution >= 0.6 is 23.8 Å². The van der Waals surface area contributed by atoms with Crippen LogP contribution in [-0.2, 0) is 0 Å². The Balaban J connectivity index is 1.68. The average Bonchev–Trinajstić information content (AvgIpc) is 3.40. The lowest BCUT2D eigenvalue weighted by Gasteiger charge is -2.29. The molecule has 4 aromatic rings. The van der Waals surface area contributed by atoms with Gasteiger partial charge in [0.1, 0.15) is 17.7 Å². The molecule has 1 saturated heterocycles. The monoisotopic (exact) mass is 449 g/mol. The zero-order valence-electron chi connectivity index (χ0n) is 16.2. The van der Waals surface area contributed by atoms with Crippen molar-refractivity contribution in [2.75, 3.05) is 4.90 Å². The summed E-state index contributed by atoms with van der Waals surface area (Å²) in [6, 6.07) is 19.3. The van der Waals surface area contributed by atoms with E-state index in [1.54, 1.807) is 36.7 Å². The number of thiocarbonyl (C=S) groups is 1. The van der Waals surface area contributed by atoms with Crippen LogP contribution in [0.5, 0.6) is 0 Å². The van der Waals surface area contributed by atoms with E-state index in [-0.39, 0.29) is 17.9 Å². The maximum Gasteiger partial charge on any atom is 0.174 e. The molecule has 5 nitrogen and oxygen atoms in total. The summed E-state index contributed by atoms with van der Waals surface area (Å²) in [5, 5.41) is 4.33. The van der Waals surface area contributed by atoms with Gasteiger partial charge in [-0.05, 0) is 60.7 Å². The van der Waals surface area contributed by atoms with Gasteiger partial charge in [-0.3, -0.25) is 4.98 Å². The van der Waals surface area contributed by atoms with Crippen LogP contribution < -0.4 is 10.2 Å². The van der Waals surface area contributed by atoms with E-state index in [4.69, 9.17) is 23.8 Å². The Kier molecular flexibility index (Phi) is 5.13. The standard InChI is InChI=1S/C23H17ClFN5S/c24-15-10-11-20(27-14-15)29-13-5-9-19(29)22-21(17-7-3-4-12-26-17)28-23(31)30(22)18-8-2-1-6-16(18)25/h1-14,21-22H,(H,28,31). The highest BCUT2D eigenvalue weighted by molar-refractivity contribution is 7.80. The second-order valence-electron chi connectivity index (χ2n) is 7.09. The minimum Gasteiger partial charge on any atom is -0.351 e. The minimum absolute atomic E-state index is 0.283. The summed E-state index contributed by atoms with van der Waals surface area (Å²) in [7, 11) is 0. The van der Waals surface area contributed by atoms with E-state index < -0.39 is 0 Å². The maximum absolute atomic E-state index is 14.8. The normalized spacial score (nSPS) is 18.3. The summed E-state index contributed by atoms with van der Waals surface area (Å²) in [4.78, 5) is 10.8. The molecule has 1 aliphatic rings. The third-order valence-corrected chi connectivity index (χ3v) is 5.79. The van der Waals surface area contributed by atoms with E-state index in [1.807, 2.05) is 52.1 Å². The number of para-hydroxylation sites is 1. The summed E-state index contributed by atoms with van der Waals surface area (Å²) in [5.74, 6) is 0.358. The third kappa shape index (κ3) is 3.56. The Hall–Kier alpha value is -3.29. The van der Waals surface area contributed by atoms with Crippen LogP contribution in [0.25, 0.3) is 5.82 Å². The Morgan fingerprint density at radius 1 is 0.968 bits per heavy atom. The quantitative estimate of drug-likeness (QED) is 0.432. The molecule has 31 heavy (non-hydrogen) atoms. The Morgan fingerprint density at radius 2 is 1.81 bits per heavy atom. The van der Waals surface area contributed by atoms with Gasteiger partial charge in [-0.2, -0.15) is 0 Å². The molecular weight excluding hydrogens is 433 g/mol. The van der Waals surface area contributed by atoms with Crippen LogP contribution in [0, 0.1) is 5.82 Å².